The highest BCUT2D eigenvalue weighted by Gasteiger charge is 2.21. The first-order chi connectivity index (χ1) is 9.40. The summed E-state index contributed by atoms with van der Waals surface area (Å²) in [4.78, 5) is 2.21. The number of nitrogens with zero attached hydrogens (tertiary/aromatic N) is 1. The zero-order chi connectivity index (χ0) is 14.8. The van der Waals surface area contributed by atoms with E-state index in [1.807, 2.05) is 6.92 Å². The fourth-order valence-corrected chi connectivity index (χ4v) is 3.65. The summed E-state index contributed by atoms with van der Waals surface area (Å²) in [5.41, 5.74) is 0. The molecule has 0 radical (unpaired) electrons. The predicted molar refractivity (Wildman–Crippen MR) is 79.6 cm³/mol. The third kappa shape index (κ3) is 3.78. The van der Waals surface area contributed by atoms with Crippen LogP contribution < -0.4 is 4.72 Å². The number of nitrogens with one attached hydrogen (secondary N) is 1. The molecule has 1 saturated heterocycles. The quantitative estimate of drug-likeness (QED) is 0.872. The van der Waals surface area contributed by atoms with Crippen molar-refractivity contribution in [3.63, 3.8) is 0 Å². The molecule has 4 nitrogen and oxygen atoms in total. The van der Waals surface area contributed by atoms with Gasteiger partial charge in [0.25, 0.3) is 0 Å². The van der Waals surface area contributed by atoms with Crippen molar-refractivity contribution in [1.29, 1.82) is 0 Å². The Labute approximate surface area is 127 Å². The van der Waals surface area contributed by atoms with E-state index in [-0.39, 0.29) is 15.4 Å². The van der Waals surface area contributed by atoms with Crippen molar-refractivity contribution in [3.8, 4) is 0 Å². The number of benzene rings is 1. The molecule has 0 amide bonds. The van der Waals surface area contributed by atoms with Crippen LogP contribution in [0.1, 0.15) is 19.8 Å². The standard InChI is InChI=1S/C13H18BrFN2O2S/c1-10(17-6-2-3-7-17)9-16-20(18,19)11-4-5-12(14)13(15)8-11/h4-5,8,10,16H,2-3,6-7,9H2,1H3. The van der Waals surface area contributed by atoms with E-state index in [9.17, 15) is 12.8 Å². The third-order valence-electron chi connectivity index (χ3n) is 3.53. The number of likely N-dealkylation sites (tertiary alicyclic amines) is 1. The molecule has 0 spiro atoms. The lowest BCUT2D eigenvalue weighted by molar-refractivity contribution is 0.260. The highest BCUT2D eigenvalue weighted by atomic mass is 79.9. The van der Waals surface area contributed by atoms with Gasteiger partial charge in [-0.05, 0) is 67.0 Å². The SMILES string of the molecule is CC(CNS(=O)(=O)c1ccc(Br)c(F)c1)N1CCCC1. The summed E-state index contributed by atoms with van der Waals surface area (Å²) >= 11 is 3.01. The van der Waals surface area contributed by atoms with Crippen molar-refractivity contribution in [2.75, 3.05) is 19.6 Å². The Morgan fingerprint density at radius 3 is 2.65 bits per heavy atom. The summed E-state index contributed by atoms with van der Waals surface area (Å²) in [7, 11) is -3.66. The average molecular weight is 365 g/mol. The van der Waals surface area contributed by atoms with Crippen LogP contribution in [0.5, 0.6) is 0 Å². The largest absolute Gasteiger partial charge is 0.299 e. The zero-order valence-electron chi connectivity index (χ0n) is 11.3. The average Bonchev–Trinajstić information content (AvgIpc) is 2.93. The second-order valence-corrected chi connectivity index (χ2v) is 7.64. The van der Waals surface area contributed by atoms with E-state index in [0.29, 0.717) is 6.54 Å². The Balaban J connectivity index is 2.01. The van der Waals surface area contributed by atoms with Gasteiger partial charge < -0.3 is 0 Å². The Morgan fingerprint density at radius 2 is 2.05 bits per heavy atom. The molecular weight excluding hydrogens is 347 g/mol. The zero-order valence-corrected chi connectivity index (χ0v) is 13.7. The van der Waals surface area contributed by atoms with Gasteiger partial charge in [-0.1, -0.05) is 0 Å². The molecule has 7 heteroatoms. The van der Waals surface area contributed by atoms with Crippen molar-refractivity contribution in [2.24, 2.45) is 0 Å². The second kappa shape index (κ2) is 6.51. The molecule has 1 aliphatic heterocycles. The molecule has 0 aromatic heterocycles. The lowest BCUT2D eigenvalue weighted by Crippen LogP contribution is -2.40. The van der Waals surface area contributed by atoms with E-state index >= 15 is 0 Å². The van der Waals surface area contributed by atoms with Crippen LogP contribution in [0.4, 0.5) is 4.39 Å². The van der Waals surface area contributed by atoms with Crippen LogP contribution in [0.3, 0.4) is 0 Å². The lowest BCUT2D eigenvalue weighted by atomic mass is 10.3. The van der Waals surface area contributed by atoms with E-state index in [4.69, 9.17) is 0 Å². The van der Waals surface area contributed by atoms with Gasteiger partial charge in [0.1, 0.15) is 5.82 Å². The van der Waals surface area contributed by atoms with E-state index < -0.39 is 15.8 Å². The highest BCUT2D eigenvalue weighted by Crippen LogP contribution is 2.19. The molecule has 112 valence electrons. The first kappa shape index (κ1) is 15.9. The van der Waals surface area contributed by atoms with Crippen LogP contribution in [0, 0.1) is 5.82 Å². The van der Waals surface area contributed by atoms with Crippen LogP contribution >= 0.6 is 15.9 Å². The Hall–Kier alpha value is -0.500. The maximum Gasteiger partial charge on any atom is 0.240 e. The minimum Gasteiger partial charge on any atom is -0.299 e. The van der Waals surface area contributed by atoms with Gasteiger partial charge in [-0.25, -0.2) is 17.5 Å². The van der Waals surface area contributed by atoms with Crippen molar-refractivity contribution in [2.45, 2.75) is 30.7 Å². The van der Waals surface area contributed by atoms with E-state index in [2.05, 4.69) is 25.6 Å². The van der Waals surface area contributed by atoms with Crippen LogP contribution in [0.25, 0.3) is 0 Å². The maximum absolute atomic E-state index is 13.4. The summed E-state index contributed by atoms with van der Waals surface area (Å²) in [6, 6.07) is 3.95. The molecule has 2 rings (SSSR count). The first-order valence-corrected chi connectivity index (χ1v) is 8.86. The van der Waals surface area contributed by atoms with Gasteiger partial charge in [0.15, 0.2) is 0 Å². The molecule has 1 aromatic rings. The molecular formula is C13H18BrFN2O2S. The minimum atomic E-state index is -3.66. The summed E-state index contributed by atoms with van der Waals surface area (Å²) in [6.07, 6.45) is 2.32. The lowest BCUT2D eigenvalue weighted by Gasteiger charge is -2.23. The summed E-state index contributed by atoms with van der Waals surface area (Å²) in [5.74, 6) is -0.583. The van der Waals surface area contributed by atoms with Crippen LogP contribution in [-0.4, -0.2) is 39.0 Å². The van der Waals surface area contributed by atoms with Crippen LogP contribution in [0.15, 0.2) is 27.6 Å². The number of rotatable bonds is 5. The van der Waals surface area contributed by atoms with Gasteiger partial charge in [0.05, 0.1) is 9.37 Å². The number of halogens is 2. The minimum absolute atomic E-state index is 0.0492. The van der Waals surface area contributed by atoms with Crippen molar-refractivity contribution >= 4 is 26.0 Å². The Kier molecular flexibility index (Phi) is 5.17. The normalized spacial score (nSPS) is 18.4. The summed E-state index contributed by atoms with van der Waals surface area (Å²) in [6.45, 7) is 4.35. The second-order valence-electron chi connectivity index (χ2n) is 5.02. The van der Waals surface area contributed by atoms with Gasteiger partial charge in [-0.3, -0.25) is 4.90 Å². The molecule has 20 heavy (non-hydrogen) atoms. The first-order valence-electron chi connectivity index (χ1n) is 6.59. The van der Waals surface area contributed by atoms with Crippen molar-refractivity contribution < 1.29 is 12.8 Å². The number of hydrogen-bond donors (Lipinski definition) is 1. The highest BCUT2D eigenvalue weighted by molar-refractivity contribution is 9.10. The molecule has 0 bridgehead atoms. The molecule has 1 fully saturated rings. The van der Waals surface area contributed by atoms with Gasteiger partial charge in [-0.15, -0.1) is 0 Å². The fourth-order valence-electron chi connectivity index (χ4n) is 2.27. The van der Waals surface area contributed by atoms with Crippen molar-refractivity contribution in [1.82, 2.24) is 9.62 Å². The molecule has 0 saturated carbocycles. The molecule has 1 unspecified atom stereocenters. The summed E-state index contributed by atoms with van der Waals surface area (Å²) < 4.78 is 40.4. The summed E-state index contributed by atoms with van der Waals surface area (Å²) in [5, 5.41) is 0. The molecule has 0 aliphatic carbocycles. The van der Waals surface area contributed by atoms with Crippen LogP contribution in [-0.2, 0) is 10.0 Å². The molecule has 1 N–H and O–H groups in total. The third-order valence-corrected chi connectivity index (χ3v) is 5.60. The van der Waals surface area contributed by atoms with E-state index in [1.165, 1.54) is 12.1 Å². The smallest absolute Gasteiger partial charge is 0.240 e. The topological polar surface area (TPSA) is 49.4 Å². The van der Waals surface area contributed by atoms with Crippen molar-refractivity contribution in [3.05, 3.63) is 28.5 Å². The van der Waals surface area contributed by atoms with Gasteiger partial charge in [0, 0.05) is 12.6 Å². The van der Waals surface area contributed by atoms with Gasteiger partial charge in [0.2, 0.25) is 10.0 Å². The fraction of sp³-hybridized carbons (Fsp3) is 0.538. The van der Waals surface area contributed by atoms with Crippen LogP contribution in [0.2, 0.25) is 0 Å². The molecule has 1 heterocycles. The van der Waals surface area contributed by atoms with E-state index in [1.54, 1.807) is 0 Å². The number of sulfonamides is 1. The number of hydrogen-bond acceptors (Lipinski definition) is 3. The van der Waals surface area contributed by atoms with Gasteiger partial charge in [-0.2, -0.15) is 0 Å². The Morgan fingerprint density at radius 1 is 1.40 bits per heavy atom. The predicted octanol–water partition coefficient (Wildman–Crippen LogP) is 2.35. The van der Waals surface area contributed by atoms with Gasteiger partial charge >= 0.3 is 0 Å². The molecule has 1 aliphatic rings. The molecule has 1 aromatic carbocycles. The monoisotopic (exact) mass is 364 g/mol. The van der Waals surface area contributed by atoms with E-state index in [0.717, 1.165) is 32.0 Å². The molecule has 1 atom stereocenters. The Bertz CT molecular complexity index is 574. The maximum atomic E-state index is 13.4.